The van der Waals surface area contributed by atoms with Crippen LogP contribution in [0.25, 0.3) is 0 Å². The first-order valence-electron chi connectivity index (χ1n) is 6.98. The maximum atomic E-state index is 12.5. The molecule has 2 fully saturated rings. The lowest BCUT2D eigenvalue weighted by Crippen LogP contribution is -2.48. The number of hydrogen-bond donors (Lipinski definition) is 1. The van der Waals surface area contributed by atoms with Crippen LogP contribution in [0.15, 0.2) is 0 Å². The molecule has 2 atom stereocenters. The van der Waals surface area contributed by atoms with Crippen molar-refractivity contribution in [3.05, 3.63) is 0 Å². The van der Waals surface area contributed by atoms with E-state index in [-0.39, 0.29) is 17.9 Å². The van der Waals surface area contributed by atoms with E-state index in [2.05, 4.69) is 5.32 Å². The number of carbonyl (C=O) groups is 2. The van der Waals surface area contributed by atoms with Crippen LogP contribution in [0.1, 0.15) is 19.8 Å². The Hall–Kier alpha value is -0.750. The summed E-state index contributed by atoms with van der Waals surface area (Å²) in [5, 5.41) is 3.17. The molecule has 2 rings (SSSR count). The van der Waals surface area contributed by atoms with Crippen LogP contribution < -0.4 is 5.32 Å². The van der Waals surface area contributed by atoms with Crippen molar-refractivity contribution in [3.8, 4) is 0 Å². The fourth-order valence-corrected chi connectivity index (χ4v) is 3.97. The zero-order valence-electron chi connectivity index (χ0n) is 11.7. The van der Waals surface area contributed by atoms with Crippen LogP contribution in [0.3, 0.4) is 0 Å². The van der Waals surface area contributed by atoms with Gasteiger partial charge in [0.05, 0.1) is 5.88 Å². The van der Waals surface area contributed by atoms with E-state index in [0.717, 1.165) is 31.8 Å². The molecule has 6 heteroatoms. The van der Waals surface area contributed by atoms with E-state index in [9.17, 15) is 9.59 Å². The van der Waals surface area contributed by atoms with Gasteiger partial charge >= 0.3 is 0 Å². The van der Waals surface area contributed by atoms with Crippen molar-refractivity contribution in [1.29, 1.82) is 0 Å². The first-order valence-corrected chi connectivity index (χ1v) is 8.13. The molecule has 0 aliphatic carbocycles. The van der Waals surface area contributed by atoms with Crippen molar-refractivity contribution < 1.29 is 9.59 Å². The predicted molar refractivity (Wildman–Crippen MR) is 76.9 cm³/mol. The second-order valence-corrected chi connectivity index (χ2v) is 6.23. The molecule has 2 amide bonds. The van der Waals surface area contributed by atoms with Crippen molar-refractivity contribution >= 4 is 23.6 Å². The Labute approximate surface area is 119 Å². The summed E-state index contributed by atoms with van der Waals surface area (Å²) in [6, 6.07) is -0.231. The highest BCUT2D eigenvalue weighted by Gasteiger charge is 2.38. The van der Waals surface area contributed by atoms with Gasteiger partial charge in [0, 0.05) is 25.3 Å². The average Bonchev–Trinajstić information content (AvgIpc) is 3.06. The van der Waals surface area contributed by atoms with Gasteiger partial charge in [-0.25, -0.2) is 0 Å². The minimum Gasteiger partial charge on any atom is -0.341 e. The molecule has 2 unspecified atom stereocenters. The minimum atomic E-state index is -0.231. The molecule has 2 aliphatic heterocycles. The average molecular weight is 285 g/mol. The predicted octanol–water partition coefficient (Wildman–Crippen LogP) is 0.366. The Bertz CT molecular complexity index is 351. The van der Waals surface area contributed by atoms with E-state index in [1.54, 1.807) is 16.7 Å². The molecular formula is C13H23N3O2S. The largest absolute Gasteiger partial charge is 0.341 e. The maximum Gasteiger partial charge on any atom is 0.246 e. The van der Waals surface area contributed by atoms with Crippen LogP contribution in [0.2, 0.25) is 0 Å². The summed E-state index contributed by atoms with van der Waals surface area (Å²) in [7, 11) is 1.94. The molecular weight excluding hydrogens is 262 g/mol. The summed E-state index contributed by atoms with van der Waals surface area (Å²) in [6.07, 6.45) is 1.54. The number of nitrogens with one attached hydrogen (secondary N) is 1. The van der Waals surface area contributed by atoms with Gasteiger partial charge in [-0.15, -0.1) is 11.8 Å². The van der Waals surface area contributed by atoms with E-state index in [1.807, 2.05) is 18.9 Å². The molecule has 0 spiro atoms. The van der Waals surface area contributed by atoms with Gasteiger partial charge in [-0.3, -0.25) is 9.59 Å². The van der Waals surface area contributed by atoms with Crippen molar-refractivity contribution in [1.82, 2.24) is 15.1 Å². The molecule has 2 saturated heterocycles. The minimum absolute atomic E-state index is 0.0920. The zero-order valence-corrected chi connectivity index (χ0v) is 12.5. The smallest absolute Gasteiger partial charge is 0.246 e. The van der Waals surface area contributed by atoms with E-state index in [4.69, 9.17) is 0 Å². The highest BCUT2D eigenvalue weighted by molar-refractivity contribution is 7.99. The quantitative estimate of drug-likeness (QED) is 0.811. The molecule has 0 bridgehead atoms. The van der Waals surface area contributed by atoms with Crippen molar-refractivity contribution in [3.63, 3.8) is 0 Å². The summed E-state index contributed by atoms with van der Waals surface area (Å²) in [5.74, 6) is 2.20. The molecule has 0 aromatic carbocycles. The molecule has 0 aromatic heterocycles. The number of nitrogens with zero attached hydrogens (tertiary/aromatic N) is 2. The van der Waals surface area contributed by atoms with Crippen molar-refractivity contribution in [2.75, 3.05) is 38.3 Å². The summed E-state index contributed by atoms with van der Waals surface area (Å²) in [4.78, 5) is 28.1. The second kappa shape index (κ2) is 6.61. The standard InChI is InChI=1S/C13H23N3O2S/c1-3-12(17)16-9-19-8-11(16)13(18)15-5-4-10(7-15)6-14-2/h10-11,14H,3-9H2,1-2H3. The van der Waals surface area contributed by atoms with Gasteiger partial charge < -0.3 is 15.1 Å². The zero-order chi connectivity index (χ0) is 13.8. The number of likely N-dealkylation sites (tertiary alicyclic amines) is 1. The fraction of sp³-hybridized carbons (Fsp3) is 0.846. The van der Waals surface area contributed by atoms with Gasteiger partial charge in [-0.1, -0.05) is 6.92 Å². The molecule has 108 valence electrons. The monoisotopic (exact) mass is 285 g/mol. The Morgan fingerprint density at radius 1 is 1.42 bits per heavy atom. The molecule has 2 aliphatic rings. The van der Waals surface area contributed by atoms with E-state index < -0.39 is 0 Å². The lowest BCUT2D eigenvalue weighted by Gasteiger charge is -2.27. The van der Waals surface area contributed by atoms with E-state index in [0.29, 0.717) is 18.2 Å². The summed E-state index contributed by atoms with van der Waals surface area (Å²) >= 11 is 1.68. The van der Waals surface area contributed by atoms with Gasteiger partial charge in [0.1, 0.15) is 6.04 Å². The second-order valence-electron chi connectivity index (χ2n) is 5.23. The number of hydrogen-bond acceptors (Lipinski definition) is 4. The van der Waals surface area contributed by atoms with Gasteiger partial charge in [0.25, 0.3) is 0 Å². The molecule has 0 aromatic rings. The van der Waals surface area contributed by atoms with Crippen LogP contribution in [0.5, 0.6) is 0 Å². The lowest BCUT2D eigenvalue weighted by molar-refractivity contribution is -0.142. The Balaban J connectivity index is 1.94. The number of thioether (sulfide) groups is 1. The molecule has 0 saturated carbocycles. The third-order valence-corrected chi connectivity index (χ3v) is 4.89. The molecule has 2 heterocycles. The third-order valence-electron chi connectivity index (χ3n) is 3.88. The number of carbonyl (C=O) groups excluding carboxylic acids is 2. The third kappa shape index (κ3) is 3.23. The van der Waals surface area contributed by atoms with Crippen LogP contribution in [-0.2, 0) is 9.59 Å². The maximum absolute atomic E-state index is 12.5. The van der Waals surface area contributed by atoms with Crippen LogP contribution >= 0.6 is 11.8 Å². The first kappa shape index (κ1) is 14.7. The normalized spacial score (nSPS) is 27.1. The topological polar surface area (TPSA) is 52.7 Å². The summed E-state index contributed by atoms with van der Waals surface area (Å²) in [6.45, 7) is 4.47. The van der Waals surface area contributed by atoms with Crippen molar-refractivity contribution in [2.45, 2.75) is 25.8 Å². The Morgan fingerprint density at radius 2 is 2.21 bits per heavy atom. The van der Waals surface area contributed by atoms with Crippen molar-refractivity contribution in [2.24, 2.45) is 5.92 Å². The van der Waals surface area contributed by atoms with Crippen LogP contribution in [0, 0.1) is 5.92 Å². The summed E-state index contributed by atoms with van der Waals surface area (Å²) < 4.78 is 0. The summed E-state index contributed by atoms with van der Waals surface area (Å²) in [5.41, 5.74) is 0. The fourth-order valence-electron chi connectivity index (χ4n) is 2.79. The first-order chi connectivity index (χ1) is 9.17. The Morgan fingerprint density at radius 3 is 2.89 bits per heavy atom. The van der Waals surface area contributed by atoms with Gasteiger partial charge in [-0.05, 0) is 25.9 Å². The highest BCUT2D eigenvalue weighted by Crippen LogP contribution is 2.25. The molecule has 5 nitrogen and oxygen atoms in total. The Kier molecular flexibility index (Phi) is 5.10. The van der Waals surface area contributed by atoms with E-state index in [1.165, 1.54) is 0 Å². The van der Waals surface area contributed by atoms with Crippen LogP contribution in [0.4, 0.5) is 0 Å². The van der Waals surface area contributed by atoms with E-state index >= 15 is 0 Å². The number of rotatable bonds is 4. The highest BCUT2D eigenvalue weighted by atomic mass is 32.2. The van der Waals surface area contributed by atoms with Gasteiger partial charge in [-0.2, -0.15) is 0 Å². The molecule has 19 heavy (non-hydrogen) atoms. The molecule has 1 N–H and O–H groups in total. The number of amides is 2. The lowest BCUT2D eigenvalue weighted by atomic mass is 10.1. The van der Waals surface area contributed by atoms with Crippen LogP contribution in [-0.4, -0.2) is 66.0 Å². The van der Waals surface area contributed by atoms with Gasteiger partial charge in [0.15, 0.2) is 0 Å². The van der Waals surface area contributed by atoms with Gasteiger partial charge in [0.2, 0.25) is 11.8 Å². The SMILES string of the molecule is CCC(=O)N1CSCC1C(=O)N1CCC(CNC)C1. The molecule has 0 radical (unpaired) electrons.